The van der Waals surface area contributed by atoms with E-state index in [2.05, 4.69) is 36.9 Å². The normalized spacial score (nSPS) is 10.6. The molecule has 0 bridgehead atoms. The van der Waals surface area contributed by atoms with E-state index in [1.807, 2.05) is 14.0 Å². The number of anilines is 1. The first-order valence-corrected chi connectivity index (χ1v) is 7.30. The van der Waals surface area contributed by atoms with Crippen molar-refractivity contribution in [3.63, 3.8) is 0 Å². The number of hydrogen-bond acceptors (Lipinski definition) is 3. The molecule has 1 aromatic carbocycles. The molecule has 0 unspecified atom stereocenters. The summed E-state index contributed by atoms with van der Waals surface area (Å²) < 4.78 is 0. The molecule has 1 N–H and O–H groups in total. The van der Waals surface area contributed by atoms with Crippen LogP contribution >= 0.6 is 11.3 Å². The average Bonchev–Trinajstić information content (AvgIpc) is 2.70. The van der Waals surface area contributed by atoms with Gasteiger partial charge in [0.05, 0.1) is 0 Å². The first-order valence-electron chi connectivity index (χ1n) is 6.49. The van der Waals surface area contributed by atoms with Crippen LogP contribution in [0.15, 0.2) is 24.3 Å². The number of benzene rings is 1. The highest BCUT2D eigenvalue weighted by Gasteiger charge is 2.13. The monoisotopic (exact) mass is 289 g/mol. The average molecular weight is 289 g/mol. The summed E-state index contributed by atoms with van der Waals surface area (Å²) in [4.78, 5) is 14.6. The van der Waals surface area contributed by atoms with Crippen molar-refractivity contribution in [1.29, 1.82) is 0 Å². The molecule has 0 aliphatic heterocycles. The first kappa shape index (κ1) is 14.6. The van der Waals surface area contributed by atoms with E-state index >= 15 is 0 Å². The molecule has 1 heterocycles. The SMILES string of the molecule is Cc1cc(C)cc(N(C)Cc2cc(C(=O)O)sc2C)c1. The minimum atomic E-state index is -0.849. The van der Waals surface area contributed by atoms with Gasteiger partial charge in [-0.25, -0.2) is 4.79 Å². The summed E-state index contributed by atoms with van der Waals surface area (Å²) in [5, 5.41) is 9.04. The molecule has 0 amide bonds. The third-order valence-electron chi connectivity index (χ3n) is 3.29. The summed E-state index contributed by atoms with van der Waals surface area (Å²) >= 11 is 1.34. The van der Waals surface area contributed by atoms with Crippen LogP contribution in [0.25, 0.3) is 0 Å². The molecule has 2 rings (SSSR count). The first-order chi connectivity index (χ1) is 9.36. The van der Waals surface area contributed by atoms with E-state index in [1.165, 1.54) is 22.5 Å². The van der Waals surface area contributed by atoms with Crippen LogP contribution < -0.4 is 4.90 Å². The van der Waals surface area contributed by atoms with Gasteiger partial charge in [-0.1, -0.05) is 6.07 Å². The highest BCUT2D eigenvalue weighted by Crippen LogP contribution is 2.25. The van der Waals surface area contributed by atoms with E-state index in [9.17, 15) is 4.79 Å². The lowest BCUT2D eigenvalue weighted by atomic mass is 10.1. The molecule has 0 radical (unpaired) electrons. The third kappa shape index (κ3) is 3.20. The molecule has 2 aromatic rings. The Morgan fingerprint density at radius 3 is 2.25 bits per heavy atom. The fraction of sp³-hybridized carbons (Fsp3) is 0.312. The second kappa shape index (κ2) is 5.67. The van der Waals surface area contributed by atoms with Gasteiger partial charge in [0.1, 0.15) is 4.88 Å². The maximum Gasteiger partial charge on any atom is 0.345 e. The van der Waals surface area contributed by atoms with E-state index in [0.717, 1.165) is 22.7 Å². The Bertz CT molecular complexity index is 626. The van der Waals surface area contributed by atoms with E-state index in [1.54, 1.807) is 6.07 Å². The number of nitrogens with zero attached hydrogens (tertiary/aromatic N) is 1. The van der Waals surface area contributed by atoms with Crippen LogP contribution in [0, 0.1) is 20.8 Å². The number of carboxylic acid groups (broad SMARTS) is 1. The lowest BCUT2D eigenvalue weighted by molar-refractivity contribution is 0.0702. The van der Waals surface area contributed by atoms with Gasteiger partial charge in [0, 0.05) is 24.2 Å². The predicted octanol–water partition coefficient (Wildman–Crippen LogP) is 4.01. The van der Waals surface area contributed by atoms with Crippen molar-refractivity contribution in [3.8, 4) is 0 Å². The molecule has 0 fully saturated rings. The van der Waals surface area contributed by atoms with E-state index in [0.29, 0.717) is 4.88 Å². The maximum absolute atomic E-state index is 11.0. The highest BCUT2D eigenvalue weighted by atomic mass is 32.1. The van der Waals surface area contributed by atoms with Crippen LogP contribution in [0.5, 0.6) is 0 Å². The topological polar surface area (TPSA) is 40.5 Å². The molecule has 4 heteroatoms. The van der Waals surface area contributed by atoms with Crippen molar-refractivity contribution in [2.24, 2.45) is 0 Å². The van der Waals surface area contributed by atoms with Gasteiger partial charge in [0.25, 0.3) is 0 Å². The Morgan fingerprint density at radius 2 is 1.75 bits per heavy atom. The van der Waals surface area contributed by atoms with E-state index < -0.39 is 5.97 Å². The number of carbonyl (C=O) groups is 1. The van der Waals surface area contributed by atoms with Gasteiger partial charge < -0.3 is 10.0 Å². The van der Waals surface area contributed by atoms with Crippen LogP contribution in [-0.2, 0) is 6.54 Å². The van der Waals surface area contributed by atoms with Crippen LogP contribution in [-0.4, -0.2) is 18.1 Å². The highest BCUT2D eigenvalue weighted by molar-refractivity contribution is 7.14. The number of carboxylic acids is 1. The lowest BCUT2D eigenvalue weighted by Crippen LogP contribution is -2.16. The molecule has 0 aliphatic rings. The number of hydrogen-bond donors (Lipinski definition) is 1. The number of thiophene rings is 1. The molecule has 106 valence electrons. The van der Waals surface area contributed by atoms with Crippen LogP contribution in [0.3, 0.4) is 0 Å². The van der Waals surface area contributed by atoms with Gasteiger partial charge in [-0.15, -0.1) is 11.3 Å². The fourth-order valence-corrected chi connectivity index (χ4v) is 3.17. The quantitative estimate of drug-likeness (QED) is 0.924. The molecule has 3 nitrogen and oxygen atoms in total. The molecule has 0 spiro atoms. The molecule has 0 saturated heterocycles. The molecule has 20 heavy (non-hydrogen) atoms. The largest absolute Gasteiger partial charge is 0.477 e. The standard InChI is InChI=1S/C16H19NO2S/c1-10-5-11(2)7-14(6-10)17(4)9-13-8-15(16(18)19)20-12(13)3/h5-8H,9H2,1-4H3,(H,18,19). The Hall–Kier alpha value is -1.81. The van der Waals surface area contributed by atoms with E-state index in [-0.39, 0.29) is 0 Å². The van der Waals surface area contributed by atoms with E-state index in [4.69, 9.17) is 5.11 Å². The van der Waals surface area contributed by atoms with Crippen LogP contribution in [0.4, 0.5) is 5.69 Å². The van der Waals surface area contributed by atoms with Crippen molar-refractivity contribution < 1.29 is 9.90 Å². The maximum atomic E-state index is 11.0. The van der Waals surface area contributed by atoms with Gasteiger partial charge >= 0.3 is 5.97 Å². The van der Waals surface area contributed by atoms with Crippen molar-refractivity contribution in [2.75, 3.05) is 11.9 Å². The Balaban J connectivity index is 2.23. The second-order valence-corrected chi connectivity index (χ2v) is 6.46. The zero-order valence-corrected chi connectivity index (χ0v) is 13.0. The zero-order chi connectivity index (χ0) is 14.9. The predicted molar refractivity (Wildman–Crippen MR) is 84.0 cm³/mol. The van der Waals surface area contributed by atoms with Crippen molar-refractivity contribution in [2.45, 2.75) is 27.3 Å². The summed E-state index contributed by atoms with van der Waals surface area (Å²) in [6, 6.07) is 8.22. The molecule has 0 atom stereocenters. The lowest BCUT2D eigenvalue weighted by Gasteiger charge is -2.20. The third-order valence-corrected chi connectivity index (χ3v) is 4.37. The van der Waals surface area contributed by atoms with Crippen molar-refractivity contribution >= 4 is 23.0 Å². The summed E-state index contributed by atoms with van der Waals surface area (Å²) in [5.41, 5.74) is 4.71. The van der Waals surface area contributed by atoms with Gasteiger partial charge in [-0.2, -0.15) is 0 Å². The van der Waals surface area contributed by atoms with Gasteiger partial charge in [-0.05, 0) is 55.7 Å². The molecular weight excluding hydrogens is 270 g/mol. The van der Waals surface area contributed by atoms with Crippen LogP contribution in [0.1, 0.15) is 31.2 Å². The smallest absolute Gasteiger partial charge is 0.345 e. The zero-order valence-electron chi connectivity index (χ0n) is 12.2. The Kier molecular flexibility index (Phi) is 4.14. The summed E-state index contributed by atoms with van der Waals surface area (Å²) in [7, 11) is 2.03. The fourth-order valence-electron chi connectivity index (χ4n) is 2.30. The summed E-state index contributed by atoms with van der Waals surface area (Å²) in [6.07, 6.45) is 0. The minimum absolute atomic E-state index is 0.409. The van der Waals surface area contributed by atoms with Gasteiger partial charge in [0.2, 0.25) is 0 Å². The van der Waals surface area contributed by atoms with Crippen molar-refractivity contribution in [3.05, 3.63) is 50.7 Å². The molecule has 0 aliphatic carbocycles. The number of rotatable bonds is 4. The molecular formula is C16H19NO2S. The minimum Gasteiger partial charge on any atom is -0.477 e. The van der Waals surface area contributed by atoms with Gasteiger partial charge in [0.15, 0.2) is 0 Å². The molecule has 1 aromatic heterocycles. The van der Waals surface area contributed by atoms with Crippen LogP contribution in [0.2, 0.25) is 0 Å². The summed E-state index contributed by atoms with van der Waals surface area (Å²) in [5.74, 6) is -0.849. The Labute approximate surface area is 123 Å². The number of aromatic carboxylic acids is 1. The summed E-state index contributed by atoms with van der Waals surface area (Å²) in [6.45, 7) is 6.87. The van der Waals surface area contributed by atoms with Gasteiger partial charge in [-0.3, -0.25) is 0 Å². The second-order valence-electron chi connectivity index (χ2n) is 5.20. The van der Waals surface area contributed by atoms with Crippen molar-refractivity contribution in [1.82, 2.24) is 0 Å². The Morgan fingerprint density at radius 1 is 1.15 bits per heavy atom. The molecule has 0 saturated carbocycles. The number of aryl methyl sites for hydroxylation is 3.